The standard InChI is InChI=1S/C18H22ClN7O2/c1-25(2)6-7-26(3)18(27)11-4-5-12(13(19)8-11)10-28-14-9-15(20)21-17-16(14)22-24-23-17/h4-5,8-9H,6-7,10H2,1-3H3,(H3,20,21,22,23,24). The molecule has 1 aromatic carbocycles. The van der Waals surface area contributed by atoms with E-state index in [-0.39, 0.29) is 12.5 Å². The van der Waals surface area contributed by atoms with Crippen molar-refractivity contribution < 1.29 is 9.53 Å². The van der Waals surface area contributed by atoms with Crippen LogP contribution in [0.1, 0.15) is 15.9 Å². The van der Waals surface area contributed by atoms with Crippen LogP contribution in [0, 0.1) is 0 Å². The second kappa shape index (κ2) is 8.41. The molecule has 2 heterocycles. The molecule has 0 radical (unpaired) electrons. The molecule has 0 unspecified atom stereocenters. The average molecular weight is 404 g/mol. The number of halogens is 1. The molecule has 3 N–H and O–H groups in total. The number of benzene rings is 1. The average Bonchev–Trinajstić information content (AvgIpc) is 3.12. The molecule has 28 heavy (non-hydrogen) atoms. The molecular weight excluding hydrogens is 382 g/mol. The first-order valence-corrected chi connectivity index (χ1v) is 9.01. The van der Waals surface area contributed by atoms with E-state index in [0.717, 1.165) is 12.1 Å². The van der Waals surface area contributed by atoms with Gasteiger partial charge in [0, 0.05) is 42.4 Å². The summed E-state index contributed by atoms with van der Waals surface area (Å²) in [4.78, 5) is 20.3. The van der Waals surface area contributed by atoms with E-state index >= 15 is 0 Å². The number of nitrogens with two attached hydrogens (primary N) is 1. The predicted molar refractivity (Wildman–Crippen MR) is 107 cm³/mol. The molecule has 0 aliphatic heterocycles. The lowest BCUT2D eigenvalue weighted by atomic mass is 10.1. The number of nitrogen functional groups attached to an aromatic ring is 1. The SMILES string of the molecule is CN(C)CCN(C)C(=O)c1ccc(COc2cc(N)nc3[nH]nnc23)c(Cl)c1. The highest BCUT2D eigenvalue weighted by Gasteiger charge is 2.15. The quantitative estimate of drug-likeness (QED) is 0.618. The molecule has 0 saturated heterocycles. The molecule has 0 atom stereocenters. The number of fused-ring (bicyclic) bond motifs is 1. The van der Waals surface area contributed by atoms with E-state index < -0.39 is 0 Å². The van der Waals surface area contributed by atoms with Gasteiger partial charge in [-0.05, 0) is 26.2 Å². The van der Waals surface area contributed by atoms with Crippen LogP contribution in [0.15, 0.2) is 24.3 Å². The Bertz CT molecular complexity index is 989. The Hall–Kier alpha value is -2.91. The number of pyridine rings is 1. The van der Waals surface area contributed by atoms with Crippen LogP contribution in [0.25, 0.3) is 11.2 Å². The number of nitrogens with zero attached hydrogens (tertiary/aromatic N) is 5. The van der Waals surface area contributed by atoms with Gasteiger partial charge in [0.2, 0.25) is 0 Å². The molecule has 2 aromatic heterocycles. The van der Waals surface area contributed by atoms with Crippen LogP contribution in [0.2, 0.25) is 5.02 Å². The second-order valence-corrected chi connectivity index (χ2v) is 7.09. The largest absolute Gasteiger partial charge is 0.486 e. The predicted octanol–water partition coefficient (Wildman–Crippen LogP) is 1.80. The fraction of sp³-hybridized carbons (Fsp3) is 0.333. The van der Waals surface area contributed by atoms with Gasteiger partial charge in [-0.3, -0.25) is 4.79 Å². The minimum atomic E-state index is -0.0811. The third kappa shape index (κ3) is 4.49. The van der Waals surface area contributed by atoms with E-state index in [1.165, 1.54) is 0 Å². The van der Waals surface area contributed by atoms with Gasteiger partial charge in [-0.1, -0.05) is 22.9 Å². The number of aromatic amines is 1. The van der Waals surface area contributed by atoms with Gasteiger partial charge in [-0.2, -0.15) is 0 Å². The van der Waals surface area contributed by atoms with E-state index in [1.54, 1.807) is 36.2 Å². The van der Waals surface area contributed by atoms with E-state index in [1.807, 2.05) is 19.0 Å². The molecule has 148 valence electrons. The third-order valence-electron chi connectivity index (χ3n) is 4.20. The highest BCUT2D eigenvalue weighted by molar-refractivity contribution is 6.31. The molecule has 3 rings (SSSR count). The first kappa shape index (κ1) is 19.8. The topological polar surface area (TPSA) is 113 Å². The Morgan fingerprint density at radius 1 is 1.25 bits per heavy atom. The normalized spacial score (nSPS) is 11.2. The summed E-state index contributed by atoms with van der Waals surface area (Å²) >= 11 is 6.37. The highest BCUT2D eigenvalue weighted by atomic mass is 35.5. The fourth-order valence-corrected chi connectivity index (χ4v) is 2.80. The number of rotatable bonds is 7. The summed E-state index contributed by atoms with van der Waals surface area (Å²) in [5.74, 6) is 0.666. The number of anilines is 1. The van der Waals surface area contributed by atoms with E-state index in [4.69, 9.17) is 22.1 Å². The number of aromatic nitrogens is 4. The molecule has 0 aliphatic carbocycles. The van der Waals surface area contributed by atoms with Crippen molar-refractivity contribution in [3.8, 4) is 5.75 Å². The second-order valence-electron chi connectivity index (χ2n) is 6.68. The number of H-pyrrole nitrogens is 1. The van der Waals surface area contributed by atoms with Crippen molar-refractivity contribution in [1.29, 1.82) is 0 Å². The Morgan fingerprint density at radius 3 is 2.75 bits per heavy atom. The van der Waals surface area contributed by atoms with Gasteiger partial charge in [-0.25, -0.2) is 10.1 Å². The van der Waals surface area contributed by atoms with Crippen LogP contribution in [-0.2, 0) is 6.61 Å². The van der Waals surface area contributed by atoms with Gasteiger partial charge in [0.25, 0.3) is 5.91 Å². The highest BCUT2D eigenvalue weighted by Crippen LogP contribution is 2.26. The molecule has 0 aliphatic rings. The van der Waals surface area contributed by atoms with E-state index in [2.05, 4.69) is 20.4 Å². The lowest BCUT2D eigenvalue weighted by Crippen LogP contribution is -2.33. The van der Waals surface area contributed by atoms with Gasteiger partial charge in [0.05, 0.1) is 0 Å². The lowest BCUT2D eigenvalue weighted by molar-refractivity contribution is 0.0786. The van der Waals surface area contributed by atoms with Gasteiger partial charge >= 0.3 is 0 Å². The number of likely N-dealkylation sites (N-methyl/N-ethyl adjacent to an activating group) is 2. The van der Waals surface area contributed by atoms with Crippen LogP contribution >= 0.6 is 11.6 Å². The minimum absolute atomic E-state index is 0.0811. The Labute approximate surface area is 167 Å². The van der Waals surface area contributed by atoms with Crippen LogP contribution in [-0.4, -0.2) is 70.3 Å². The van der Waals surface area contributed by atoms with E-state index in [9.17, 15) is 4.79 Å². The van der Waals surface area contributed by atoms with Crippen molar-refractivity contribution in [1.82, 2.24) is 30.2 Å². The van der Waals surface area contributed by atoms with Crippen molar-refractivity contribution in [2.45, 2.75) is 6.61 Å². The maximum absolute atomic E-state index is 12.5. The molecule has 9 nitrogen and oxygen atoms in total. The van der Waals surface area contributed by atoms with Gasteiger partial charge in [0.1, 0.15) is 12.4 Å². The molecular formula is C18H22ClN7O2. The zero-order valence-corrected chi connectivity index (χ0v) is 16.7. The number of nitrogens with one attached hydrogen (secondary N) is 1. The molecule has 0 fully saturated rings. The Morgan fingerprint density at radius 2 is 2.04 bits per heavy atom. The van der Waals surface area contributed by atoms with Gasteiger partial charge in [-0.15, -0.1) is 5.10 Å². The van der Waals surface area contributed by atoms with Crippen LogP contribution in [0.4, 0.5) is 5.82 Å². The Balaban J connectivity index is 1.70. The minimum Gasteiger partial charge on any atom is -0.486 e. The number of ether oxygens (including phenoxy) is 1. The number of carbonyl (C=O) groups excluding carboxylic acids is 1. The zero-order chi connectivity index (χ0) is 20.3. The van der Waals surface area contributed by atoms with Crippen LogP contribution < -0.4 is 10.5 Å². The maximum atomic E-state index is 12.5. The van der Waals surface area contributed by atoms with Crippen molar-refractivity contribution in [2.75, 3.05) is 40.0 Å². The maximum Gasteiger partial charge on any atom is 0.253 e. The fourth-order valence-electron chi connectivity index (χ4n) is 2.57. The van der Waals surface area contributed by atoms with Gasteiger partial charge in [0.15, 0.2) is 16.9 Å². The third-order valence-corrected chi connectivity index (χ3v) is 4.55. The van der Waals surface area contributed by atoms with Gasteiger partial charge < -0.3 is 20.3 Å². The van der Waals surface area contributed by atoms with E-state index in [0.29, 0.717) is 39.9 Å². The van der Waals surface area contributed by atoms with Crippen molar-refractivity contribution in [2.24, 2.45) is 0 Å². The first-order valence-electron chi connectivity index (χ1n) is 8.64. The summed E-state index contributed by atoms with van der Waals surface area (Å²) < 4.78 is 5.81. The molecule has 0 bridgehead atoms. The molecule has 0 spiro atoms. The molecule has 10 heteroatoms. The number of hydrogen-bond donors (Lipinski definition) is 2. The van der Waals surface area contributed by atoms with Crippen molar-refractivity contribution in [3.63, 3.8) is 0 Å². The number of amides is 1. The lowest BCUT2D eigenvalue weighted by Gasteiger charge is -2.20. The first-order chi connectivity index (χ1) is 13.3. The summed E-state index contributed by atoms with van der Waals surface area (Å²) in [5, 5.41) is 10.8. The summed E-state index contributed by atoms with van der Waals surface area (Å²) in [6, 6.07) is 6.75. The Kier molecular flexibility index (Phi) is 5.96. The van der Waals surface area contributed by atoms with Crippen molar-refractivity contribution in [3.05, 3.63) is 40.4 Å². The van der Waals surface area contributed by atoms with Crippen LogP contribution in [0.5, 0.6) is 5.75 Å². The van der Waals surface area contributed by atoms with Crippen molar-refractivity contribution >= 4 is 34.5 Å². The van der Waals surface area contributed by atoms with Crippen LogP contribution in [0.3, 0.4) is 0 Å². The summed E-state index contributed by atoms with van der Waals surface area (Å²) in [6.07, 6.45) is 0. The smallest absolute Gasteiger partial charge is 0.253 e. The monoisotopic (exact) mass is 403 g/mol. The molecule has 3 aromatic rings. The summed E-state index contributed by atoms with van der Waals surface area (Å²) in [6.45, 7) is 1.61. The molecule has 1 amide bonds. The number of carbonyl (C=O) groups is 1. The zero-order valence-electron chi connectivity index (χ0n) is 15.9. The number of hydrogen-bond acceptors (Lipinski definition) is 7. The summed E-state index contributed by atoms with van der Waals surface area (Å²) in [7, 11) is 5.70. The summed E-state index contributed by atoms with van der Waals surface area (Å²) in [5.41, 5.74) is 7.97. The molecule has 0 saturated carbocycles.